The van der Waals surface area contributed by atoms with Crippen molar-refractivity contribution in [2.24, 2.45) is 0 Å². The molecule has 3 aromatic rings. The Hall–Kier alpha value is -2.33. The van der Waals surface area contributed by atoms with E-state index in [4.69, 9.17) is 9.84 Å². The van der Waals surface area contributed by atoms with E-state index in [1.165, 1.54) is 22.9 Å². The van der Waals surface area contributed by atoms with Gasteiger partial charge < -0.3 is 9.84 Å². The third-order valence-electron chi connectivity index (χ3n) is 5.03. The second-order valence-electron chi connectivity index (χ2n) is 6.92. The maximum atomic E-state index is 10.9. The lowest BCUT2D eigenvalue weighted by atomic mass is 9.99. The quantitative estimate of drug-likeness (QED) is 0.590. The molecule has 0 unspecified atom stereocenters. The van der Waals surface area contributed by atoms with Crippen LogP contribution in [-0.2, 0) is 11.2 Å². The Morgan fingerprint density at radius 2 is 1.96 bits per heavy atom. The van der Waals surface area contributed by atoms with Crippen molar-refractivity contribution in [2.75, 3.05) is 0 Å². The van der Waals surface area contributed by atoms with E-state index in [9.17, 15) is 4.79 Å². The molecular weight excluding hydrogens is 344 g/mol. The Morgan fingerprint density at radius 3 is 2.77 bits per heavy atom. The van der Waals surface area contributed by atoms with Crippen LogP contribution in [0.25, 0.3) is 21.2 Å². The molecule has 26 heavy (non-hydrogen) atoms. The summed E-state index contributed by atoms with van der Waals surface area (Å²) >= 11 is 1.74. The minimum atomic E-state index is -0.766. The average Bonchev–Trinajstić information content (AvgIpc) is 3.31. The number of carboxylic acid groups (broad SMARTS) is 1. The Labute approximate surface area is 157 Å². The molecule has 0 bridgehead atoms. The molecule has 0 radical (unpaired) electrons. The Kier molecular flexibility index (Phi) is 4.93. The summed E-state index contributed by atoms with van der Waals surface area (Å²) in [7, 11) is 0. The molecule has 2 aromatic carbocycles. The van der Waals surface area contributed by atoms with Crippen molar-refractivity contribution in [2.45, 2.75) is 44.6 Å². The number of ether oxygens (including phenoxy) is 1. The molecule has 1 heterocycles. The number of fused-ring (bicyclic) bond motifs is 1. The summed E-state index contributed by atoms with van der Waals surface area (Å²) in [6.07, 6.45) is 5.67. The van der Waals surface area contributed by atoms with Crippen molar-refractivity contribution in [1.29, 1.82) is 0 Å². The highest BCUT2D eigenvalue weighted by molar-refractivity contribution is 7.17. The summed E-state index contributed by atoms with van der Waals surface area (Å²) < 4.78 is 7.59. The largest absolute Gasteiger partial charge is 0.490 e. The van der Waals surface area contributed by atoms with Crippen LogP contribution in [0.1, 0.15) is 37.7 Å². The van der Waals surface area contributed by atoms with E-state index < -0.39 is 5.97 Å². The molecule has 1 saturated carbocycles. The first-order valence-electron chi connectivity index (χ1n) is 9.18. The molecule has 1 aromatic heterocycles. The molecule has 3 nitrogen and oxygen atoms in total. The average molecular weight is 366 g/mol. The number of carboxylic acids is 1. The lowest BCUT2D eigenvalue weighted by molar-refractivity contribution is -0.136. The fraction of sp³-hybridized carbons (Fsp3) is 0.318. The Morgan fingerprint density at radius 1 is 1.12 bits per heavy atom. The number of aliphatic carboxylic acids is 1. The molecule has 1 N–H and O–H groups in total. The number of rotatable bonds is 6. The fourth-order valence-electron chi connectivity index (χ4n) is 3.63. The van der Waals surface area contributed by atoms with Gasteiger partial charge in [0.05, 0.1) is 6.10 Å². The third kappa shape index (κ3) is 3.75. The van der Waals surface area contributed by atoms with E-state index in [1.807, 2.05) is 12.1 Å². The third-order valence-corrected chi connectivity index (χ3v) is 5.93. The summed E-state index contributed by atoms with van der Waals surface area (Å²) in [6.45, 7) is 0. The first-order chi connectivity index (χ1) is 12.7. The van der Waals surface area contributed by atoms with Crippen LogP contribution in [0.3, 0.4) is 0 Å². The zero-order valence-electron chi connectivity index (χ0n) is 14.6. The van der Waals surface area contributed by atoms with Crippen LogP contribution in [0.4, 0.5) is 0 Å². The van der Waals surface area contributed by atoms with Gasteiger partial charge in [0.2, 0.25) is 0 Å². The van der Waals surface area contributed by atoms with Crippen molar-refractivity contribution in [3.05, 3.63) is 53.4 Å². The summed E-state index contributed by atoms with van der Waals surface area (Å²) in [5.41, 5.74) is 3.22. The smallest absolute Gasteiger partial charge is 0.303 e. The van der Waals surface area contributed by atoms with E-state index in [2.05, 4.69) is 35.7 Å². The van der Waals surface area contributed by atoms with Gasteiger partial charge in [-0.3, -0.25) is 4.79 Å². The molecule has 4 rings (SSSR count). The standard InChI is InChI=1S/C22H22O3S/c23-22(24)10-6-15-5-8-20(25-18-3-1-2-4-18)19(13-15)16-7-9-21-17(14-16)11-12-26-21/h5,7-9,11-14,18H,1-4,6,10H2,(H,23,24). The van der Waals surface area contributed by atoms with E-state index in [1.54, 1.807) is 11.3 Å². The highest BCUT2D eigenvalue weighted by atomic mass is 32.1. The van der Waals surface area contributed by atoms with Crippen LogP contribution >= 0.6 is 11.3 Å². The topological polar surface area (TPSA) is 46.5 Å². The van der Waals surface area contributed by atoms with Crippen LogP contribution < -0.4 is 4.74 Å². The molecule has 4 heteroatoms. The first kappa shape index (κ1) is 17.1. The molecule has 0 amide bonds. The van der Waals surface area contributed by atoms with Crippen LogP contribution in [0.5, 0.6) is 5.75 Å². The molecule has 1 fully saturated rings. The van der Waals surface area contributed by atoms with Gasteiger partial charge in [0.15, 0.2) is 0 Å². The molecule has 0 atom stereocenters. The molecule has 0 saturated heterocycles. The van der Waals surface area contributed by atoms with E-state index in [-0.39, 0.29) is 6.42 Å². The van der Waals surface area contributed by atoms with Crippen molar-refractivity contribution in [3.63, 3.8) is 0 Å². The minimum Gasteiger partial charge on any atom is -0.490 e. The number of carbonyl (C=O) groups is 1. The predicted octanol–water partition coefficient (Wildman–Crippen LogP) is 5.91. The second kappa shape index (κ2) is 7.50. The van der Waals surface area contributed by atoms with Gasteiger partial charge in [-0.1, -0.05) is 12.1 Å². The number of hydrogen-bond acceptors (Lipinski definition) is 3. The maximum absolute atomic E-state index is 10.9. The summed E-state index contributed by atoms with van der Waals surface area (Å²) in [5, 5.41) is 12.3. The Balaban J connectivity index is 1.71. The van der Waals surface area contributed by atoms with Gasteiger partial charge >= 0.3 is 5.97 Å². The van der Waals surface area contributed by atoms with Gasteiger partial charge in [0.1, 0.15) is 5.75 Å². The van der Waals surface area contributed by atoms with Crippen LogP contribution in [0.2, 0.25) is 0 Å². The number of hydrogen-bond donors (Lipinski definition) is 1. The number of benzene rings is 2. The van der Waals surface area contributed by atoms with Gasteiger partial charge in [-0.05, 0) is 84.3 Å². The van der Waals surface area contributed by atoms with Crippen molar-refractivity contribution >= 4 is 27.4 Å². The normalized spacial score (nSPS) is 14.8. The van der Waals surface area contributed by atoms with Crippen LogP contribution in [-0.4, -0.2) is 17.2 Å². The SMILES string of the molecule is O=C(O)CCc1ccc(OC2CCCC2)c(-c2ccc3sccc3c2)c1. The lowest BCUT2D eigenvalue weighted by Crippen LogP contribution is -2.11. The van der Waals surface area contributed by atoms with Crippen molar-refractivity contribution < 1.29 is 14.6 Å². The lowest BCUT2D eigenvalue weighted by Gasteiger charge is -2.18. The van der Waals surface area contributed by atoms with Crippen molar-refractivity contribution in [3.8, 4) is 16.9 Å². The van der Waals surface area contributed by atoms with Gasteiger partial charge in [-0.25, -0.2) is 0 Å². The molecule has 0 aliphatic heterocycles. The minimum absolute atomic E-state index is 0.145. The van der Waals surface area contributed by atoms with Gasteiger partial charge in [-0.2, -0.15) is 0 Å². The van der Waals surface area contributed by atoms with E-state index >= 15 is 0 Å². The van der Waals surface area contributed by atoms with Crippen molar-refractivity contribution in [1.82, 2.24) is 0 Å². The highest BCUT2D eigenvalue weighted by Gasteiger charge is 2.19. The summed E-state index contributed by atoms with van der Waals surface area (Å²) in [6, 6.07) is 14.7. The summed E-state index contributed by atoms with van der Waals surface area (Å²) in [5.74, 6) is 0.142. The molecule has 0 spiro atoms. The predicted molar refractivity (Wildman–Crippen MR) is 106 cm³/mol. The van der Waals surface area contributed by atoms with Gasteiger partial charge in [0, 0.05) is 16.7 Å². The van der Waals surface area contributed by atoms with E-state index in [0.29, 0.717) is 12.5 Å². The first-order valence-corrected chi connectivity index (χ1v) is 10.1. The van der Waals surface area contributed by atoms with E-state index in [0.717, 1.165) is 35.3 Å². The van der Waals surface area contributed by atoms with Gasteiger partial charge in [0.25, 0.3) is 0 Å². The van der Waals surface area contributed by atoms with Gasteiger partial charge in [-0.15, -0.1) is 11.3 Å². The fourth-order valence-corrected chi connectivity index (χ4v) is 4.40. The Bertz CT molecular complexity index is 922. The highest BCUT2D eigenvalue weighted by Crippen LogP contribution is 2.36. The zero-order chi connectivity index (χ0) is 17.9. The molecule has 134 valence electrons. The zero-order valence-corrected chi connectivity index (χ0v) is 15.4. The van der Waals surface area contributed by atoms with Crippen LogP contribution in [0, 0.1) is 0 Å². The van der Waals surface area contributed by atoms with Crippen LogP contribution in [0.15, 0.2) is 47.8 Å². The monoisotopic (exact) mass is 366 g/mol. The second-order valence-corrected chi connectivity index (χ2v) is 7.87. The molecular formula is C22H22O3S. The maximum Gasteiger partial charge on any atom is 0.303 e. The number of aryl methyl sites for hydroxylation is 1. The number of thiophene rings is 1. The molecule has 1 aliphatic rings. The molecule has 1 aliphatic carbocycles. The summed E-state index contributed by atoms with van der Waals surface area (Å²) in [4.78, 5) is 10.9.